The van der Waals surface area contributed by atoms with Crippen LogP contribution in [0.2, 0.25) is 0 Å². The molecule has 0 rings (SSSR count). The van der Waals surface area contributed by atoms with Crippen molar-refractivity contribution in [1.82, 2.24) is 0 Å². The fourth-order valence-electron chi connectivity index (χ4n) is 1.75. The zero-order valence-corrected chi connectivity index (χ0v) is 14.0. The van der Waals surface area contributed by atoms with Crippen molar-refractivity contribution in [2.45, 2.75) is 32.3 Å². The molecule has 0 aliphatic heterocycles. The maximum atomic E-state index is 11.7. The lowest BCUT2D eigenvalue weighted by atomic mass is 10.2. The maximum absolute atomic E-state index is 11.7. The van der Waals surface area contributed by atoms with Crippen molar-refractivity contribution in [2.75, 3.05) is 27.7 Å². The normalized spacial score (nSPS) is 14.0. The predicted octanol–water partition coefficient (Wildman–Crippen LogP) is 1.21. The summed E-state index contributed by atoms with van der Waals surface area (Å²) in [7, 11) is 5.70. The van der Waals surface area contributed by atoms with Gasteiger partial charge in [-0.2, -0.15) is 0 Å². The average molecular weight is 309 g/mol. The van der Waals surface area contributed by atoms with E-state index in [1.807, 2.05) is 39.4 Å². The van der Waals surface area contributed by atoms with Crippen molar-refractivity contribution < 1.29 is 23.9 Å². The third-order valence-corrected chi connectivity index (χ3v) is 2.59. The van der Waals surface area contributed by atoms with E-state index < -0.39 is 18.0 Å². The summed E-state index contributed by atoms with van der Waals surface area (Å²) in [6.07, 6.45) is 11.5. The molecule has 0 bridgehead atoms. The Bertz CT molecular complexity index is 430. The summed E-state index contributed by atoms with van der Waals surface area (Å²) in [5.74, 6) is -1.78. The lowest BCUT2D eigenvalue weighted by Crippen LogP contribution is -2.45. The van der Waals surface area contributed by atoms with Crippen molar-refractivity contribution in [3.8, 4) is 0 Å². The van der Waals surface area contributed by atoms with Gasteiger partial charge in [0, 0.05) is 18.5 Å². The summed E-state index contributed by atoms with van der Waals surface area (Å²) in [4.78, 5) is 22.4. The van der Waals surface area contributed by atoms with Gasteiger partial charge in [-0.1, -0.05) is 43.7 Å². The molecule has 0 spiro atoms. The number of hydrogen-bond donors (Lipinski definition) is 0. The molecule has 0 aliphatic carbocycles. The predicted molar refractivity (Wildman–Crippen MR) is 84.7 cm³/mol. The number of unbranched alkanes of at least 4 members (excludes halogenated alkanes) is 1. The number of carboxylic acids is 1. The Labute approximate surface area is 133 Å². The number of likely N-dealkylation sites (N-methyl/N-ethyl adjacent to an activating group) is 1. The van der Waals surface area contributed by atoms with Crippen LogP contribution in [0.4, 0.5) is 0 Å². The van der Waals surface area contributed by atoms with Crippen molar-refractivity contribution in [1.29, 1.82) is 0 Å². The molecule has 0 aliphatic rings. The maximum Gasteiger partial charge on any atom is 0.331 e. The largest absolute Gasteiger partial charge is 0.550 e. The quantitative estimate of drug-likeness (QED) is 0.263. The zero-order valence-electron chi connectivity index (χ0n) is 14.0. The number of carboxylic acid groups (broad SMARTS) is 1. The number of carbonyl (C=O) groups is 2. The molecule has 0 aromatic heterocycles. The standard InChI is InChI=1S/C17H27NO4/c1-5-6-7-8-9-10-11-12-17(21)22-15(13-16(19)20)14-18(2,3)4/h7-12,15H,5-6,13-14H2,1-4H3. The smallest absolute Gasteiger partial charge is 0.331 e. The monoisotopic (exact) mass is 309 g/mol. The van der Waals surface area contributed by atoms with Gasteiger partial charge in [0.2, 0.25) is 0 Å². The van der Waals surface area contributed by atoms with E-state index in [1.54, 1.807) is 12.2 Å². The van der Waals surface area contributed by atoms with E-state index in [0.29, 0.717) is 11.0 Å². The summed E-state index contributed by atoms with van der Waals surface area (Å²) in [6.45, 7) is 2.51. The molecule has 0 fully saturated rings. The molecule has 0 aromatic carbocycles. The first-order valence-electron chi connectivity index (χ1n) is 7.45. The Morgan fingerprint density at radius 2 is 1.77 bits per heavy atom. The third-order valence-electron chi connectivity index (χ3n) is 2.59. The first kappa shape index (κ1) is 20.1. The van der Waals surface area contributed by atoms with Gasteiger partial charge in [0.25, 0.3) is 0 Å². The summed E-state index contributed by atoms with van der Waals surface area (Å²) in [5, 5.41) is 10.7. The first-order valence-corrected chi connectivity index (χ1v) is 7.45. The number of hydrogen-bond acceptors (Lipinski definition) is 4. The highest BCUT2D eigenvalue weighted by molar-refractivity contribution is 5.82. The number of allylic oxidation sites excluding steroid dienone is 5. The van der Waals surface area contributed by atoms with Gasteiger partial charge >= 0.3 is 5.97 Å². The SMILES string of the molecule is CCCC=CC=CC=CC(=O)OC(CC(=O)[O-])C[N+](C)(C)C. The molecule has 124 valence electrons. The van der Waals surface area contributed by atoms with Gasteiger partial charge in [0.05, 0.1) is 21.1 Å². The molecule has 0 amide bonds. The van der Waals surface area contributed by atoms with Crippen LogP contribution < -0.4 is 5.11 Å². The highest BCUT2D eigenvalue weighted by atomic mass is 16.5. The molecule has 0 saturated heterocycles. The van der Waals surface area contributed by atoms with Crippen LogP contribution in [0.5, 0.6) is 0 Å². The minimum atomic E-state index is -1.23. The second-order valence-corrected chi connectivity index (χ2v) is 6.07. The summed E-state index contributed by atoms with van der Waals surface area (Å²) in [6, 6.07) is 0. The van der Waals surface area contributed by atoms with Gasteiger partial charge in [0.1, 0.15) is 6.54 Å². The van der Waals surface area contributed by atoms with Crippen LogP contribution in [-0.4, -0.2) is 50.2 Å². The Kier molecular flexibility index (Phi) is 9.87. The van der Waals surface area contributed by atoms with Crippen molar-refractivity contribution >= 4 is 11.9 Å². The molecule has 0 aromatic rings. The van der Waals surface area contributed by atoms with Gasteiger partial charge in [-0.25, -0.2) is 4.79 Å². The highest BCUT2D eigenvalue weighted by Gasteiger charge is 2.21. The van der Waals surface area contributed by atoms with Crippen LogP contribution >= 0.6 is 0 Å². The summed E-state index contributed by atoms with van der Waals surface area (Å²) in [5.41, 5.74) is 0. The molecular formula is C17H27NO4. The highest BCUT2D eigenvalue weighted by Crippen LogP contribution is 2.05. The molecule has 5 nitrogen and oxygen atoms in total. The number of rotatable bonds is 10. The second-order valence-electron chi connectivity index (χ2n) is 6.07. The molecule has 0 saturated carbocycles. The van der Waals surface area contributed by atoms with Crippen LogP contribution in [-0.2, 0) is 14.3 Å². The van der Waals surface area contributed by atoms with E-state index in [4.69, 9.17) is 4.74 Å². The van der Waals surface area contributed by atoms with Crippen molar-refractivity contribution in [2.24, 2.45) is 0 Å². The van der Waals surface area contributed by atoms with Gasteiger partial charge in [-0.05, 0) is 6.42 Å². The number of nitrogens with zero attached hydrogens (tertiary/aromatic N) is 1. The lowest BCUT2D eigenvalue weighted by molar-refractivity contribution is -0.873. The Hall–Kier alpha value is -1.88. The van der Waals surface area contributed by atoms with Crippen LogP contribution in [0.25, 0.3) is 0 Å². The minimum absolute atomic E-state index is 0.301. The molecule has 1 atom stereocenters. The minimum Gasteiger partial charge on any atom is -0.550 e. The van der Waals surface area contributed by atoms with Crippen molar-refractivity contribution in [3.05, 3.63) is 36.5 Å². The number of quaternary nitrogens is 1. The van der Waals surface area contributed by atoms with E-state index in [1.165, 1.54) is 6.08 Å². The van der Waals surface area contributed by atoms with Crippen LogP contribution in [0.15, 0.2) is 36.5 Å². The van der Waals surface area contributed by atoms with Crippen molar-refractivity contribution in [3.63, 3.8) is 0 Å². The summed E-state index contributed by atoms with van der Waals surface area (Å²) >= 11 is 0. The Morgan fingerprint density at radius 1 is 1.14 bits per heavy atom. The van der Waals surface area contributed by atoms with Crippen LogP contribution in [0.3, 0.4) is 0 Å². The molecule has 0 heterocycles. The van der Waals surface area contributed by atoms with E-state index >= 15 is 0 Å². The Morgan fingerprint density at radius 3 is 2.32 bits per heavy atom. The number of ether oxygens (including phenoxy) is 1. The molecule has 1 unspecified atom stereocenters. The zero-order chi connectivity index (χ0) is 17.0. The Balaban J connectivity index is 4.40. The molecule has 22 heavy (non-hydrogen) atoms. The second kappa shape index (κ2) is 10.8. The molecule has 5 heteroatoms. The number of carbonyl (C=O) groups excluding carboxylic acids is 2. The van der Waals surface area contributed by atoms with Gasteiger partial charge in [-0.15, -0.1) is 0 Å². The fraction of sp³-hybridized carbons (Fsp3) is 0.529. The number of aliphatic carboxylic acids is 1. The van der Waals surface area contributed by atoms with Crippen LogP contribution in [0, 0.1) is 0 Å². The first-order chi connectivity index (χ1) is 10.2. The topological polar surface area (TPSA) is 66.4 Å². The van der Waals surface area contributed by atoms with Gasteiger partial charge < -0.3 is 19.1 Å². The molecule has 0 N–H and O–H groups in total. The fourth-order valence-corrected chi connectivity index (χ4v) is 1.75. The van der Waals surface area contributed by atoms with Gasteiger partial charge in [0.15, 0.2) is 6.10 Å². The van der Waals surface area contributed by atoms with E-state index in [0.717, 1.165) is 12.8 Å². The summed E-state index contributed by atoms with van der Waals surface area (Å²) < 4.78 is 5.67. The average Bonchev–Trinajstić information content (AvgIpc) is 2.34. The van der Waals surface area contributed by atoms with E-state index in [2.05, 4.69) is 6.92 Å². The van der Waals surface area contributed by atoms with Crippen LogP contribution in [0.1, 0.15) is 26.2 Å². The van der Waals surface area contributed by atoms with Gasteiger partial charge in [-0.3, -0.25) is 0 Å². The lowest BCUT2D eigenvalue weighted by Gasteiger charge is -2.28. The van der Waals surface area contributed by atoms with E-state index in [-0.39, 0.29) is 6.42 Å². The number of esters is 1. The third kappa shape index (κ3) is 13.1. The molecular weight excluding hydrogens is 282 g/mol. The van der Waals surface area contributed by atoms with E-state index in [9.17, 15) is 14.7 Å². The molecule has 0 radical (unpaired) electrons.